The molecule has 1 N–H and O–H groups in total. The number of ether oxygens (including phenoxy) is 2. The van der Waals surface area contributed by atoms with Gasteiger partial charge < -0.3 is 14.8 Å². The van der Waals surface area contributed by atoms with Crippen molar-refractivity contribution in [3.8, 4) is 17.2 Å². The molecular weight excluding hydrogens is 520 g/mol. The van der Waals surface area contributed by atoms with Crippen LogP contribution in [0.5, 0.6) is 11.5 Å². The molecular formula is C28H23BrN4O3. The number of halogens is 1. The first kappa shape index (κ1) is 23.6. The van der Waals surface area contributed by atoms with Crippen LogP contribution < -0.4 is 14.8 Å². The van der Waals surface area contributed by atoms with Crippen molar-refractivity contribution in [2.75, 3.05) is 13.2 Å². The molecule has 0 bridgehead atoms. The molecule has 0 saturated carbocycles. The van der Waals surface area contributed by atoms with E-state index in [0.29, 0.717) is 25.3 Å². The van der Waals surface area contributed by atoms with Crippen molar-refractivity contribution < 1.29 is 14.3 Å². The van der Waals surface area contributed by atoms with Gasteiger partial charge in [-0.25, -0.2) is 4.98 Å². The van der Waals surface area contributed by atoms with Crippen molar-refractivity contribution >= 4 is 32.9 Å². The molecule has 7 nitrogen and oxygen atoms in total. The van der Waals surface area contributed by atoms with Crippen LogP contribution >= 0.6 is 15.9 Å². The van der Waals surface area contributed by atoms with Crippen LogP contribution in [0.2, 0.25) is 0 Å². The number of nitrogens with one attached hydrogen (secondary N) is 1. The van der Waals surface area contributed by atoms with Gasteiger partial charge in [-0.2, -0.15) is 0 Å². The minimum absolute atomic E-state index is 0.156. The second-order valence-electron chi connectivity index (χ2n) is 8.01. The molecule has 0 aliphatic carbocycles. The Labute approximate surface area is 216 Å². The van der Waals surface area contributed by atoms with Gasteiger partial charge >= 0.3 is 0 Å². The smallest absolute Gasteiger partial charge is 0.251 e. The van der Waals surface area contributed by atoms with Crippen LogP contribution in [0.15, 0.2) is 102 Å². The predicted molar refractivity (Wildman–Crippen MR) is 142 cm³/mol. The standard InChI is InChI=1S/C28H23BrN4O3/c29-22-7-9-24(10-8-22)35-13-14-36-25-5-1-4-23(16-25)33-19-32-26-15-21(6-11-27(26)33)28(34)31-18-20-3-2-12-30-17-20/h1-12,15-17,19H,13-14,18H2,(H,31,34). The summed E-state index contributed by atoms with van der Waals surface area (Å²) in [5.41, 5.74) is 4.04. The highest BCUT2D eigenvalue weighted by Gasteiger charge is 2.11. The topological polar surface area (TPSA) is 78.3 Å². The number of fused-ring (bicyclic) bond motifs is 1. The van der Waals surface area contributed by atoms with Crippen molar-refractivity contribution in [2.24, 2.45) is 0 Å². The molecule has 1 amide bonds. The second kappa shape index (κ2) is 11.0. The molecule has 2 heterocycles. The van der Waals surface area contributed by atoms with Crippen molar-refractivity contribution in [1.29, 1.82) is 0 Å². The van der Waals surface area contributed by atoms with Crippen LogP contribution in [0.4, 0.5) is 0 Å². The largest absolute Gasteiger partial charge is 0.490 e. The van der Waals surface area contributed by atoms with Gasteiger partial charge in [-0.05, 0) is 66.2 Å². The highest BCUT2D eigenvalue weighted by molar-refractivity contribution is 9.10. The maximum Gasteiger partial charge on any atom is 0.251 e. The molecule has 0 atom stereocenters. The molecule has 5 aromatic rings. The lowest BCUT2D eigenvalue weighted by molar-refractivity contribution is 0.0951. The third-order valence-corrected chi connectivity index (χ3v) is 6.04. The third kappa shape index (κ3) is 5.72. The molecule has 0 spiro atoms. The fraction of sp³-hybridized carbons (Fsp3) is 0.107. The number of benzene rings is 3. The Morgan fingerprint density at radius 3 is 2.56 bits per heavy atom. The Morgan fingerprint density at radius 1 is 0.917 bits per heavy atom. The molecule has 36 heavy (non-hydrogen) atoms. The summed E-state index contributed by atoms with van der Waals surface area (Å²) < 4.78 is 14.6. The summed E-state index contributed by atoms with van der Waals surface area (Å²) in [6, 6.07) is 24.7. The zero-order valence-electron chi connectivity index (χ0n) is 19.3. The van der Waals surface area contributed by atoms with Crippen LogP contribution in [0.3, 0.4) is 0 Å². The van der Waals surface area contributed by atoms with E-state index < -0.39 is 0 Å². The highest BCUT2D eigenvalue weighted by atomic mass is 79.9. The normalized spacial score (nSPS) is 10.8. The van der Waals surface area contributed by atoms with E-state index in [9.17, 15) is 4.79 Å². The second-order valence-corrected chi connectivity index (χ2v) is 8.93. The van der Waals surface area contributed by atoms with Gasteiger partial charge in [0.05, 0.1) is 16.7 Å². The Balaban J connectivity index is 1.22. The van der Waals surface area contributed by atoms with Gasteiger partial charge in [-0.3, -0.25) is 14.3 Å². The summed E-state index contributed by atoms with van der Waals surface area (Å²) in [4.78, 5) is 21.2. The number of nitrogens with zero attached hydrogens (tertiary/aromatic N) is 3. The zero-order valence-corrected chi connectivity index (χ0v) is 20.9. The summed E-state index contributed by atoms with van der Waals surface area (Å²) in [5, 5.41) is 2.92. The Hall–Kier alpha value is -4.17. The summed E-state index contributed by atoms with van der Waals surface area (Å²) in [5.74, 6) is 1.38. The van der Waals surface area contributed by atoms with Crippen LogP contribution in [0, 0.1) is 0 Å². The fourth-order valence-electron chi connectivity index (χ4n) is 3.72. The number of hydrogen-bond acceptors (Lipinski definition) is 5. The number of rotatable bonds is 9. The minimum atomic E-state index is -0.156. The van der Waals surface area contributed by atoms with Crippen LogP contribution in [-0.4, -0.2) is 33.7 Å². The van der Waals surface area contributed by atoms with E-state index in [1.54, 1.807) is 30.9 Å². The van der Waals surface area contributed by atoms with E-state index in [0.717, 1.165) is 38.3 Å². The number of imidazole rings is 1. The van der Waals surface area contributed by atoms with Gasteiger partial charge in [0.25, 0.3) is 5.91 Å². The molecule has 8 heteroatoms. The lowest BCUT2D eigenvalue weighted by Gasteiger charge is -2.11. The van der Waals surface area contributed by atoms with Gasteiger partial charge in [0.2, 0.25) is 0 Å². The van der Waals surface area contributed by atoms with Crippen molar-refractivity contribution in [3.05, 3.63) is 113 Å². The third-order valence-electron chi connectivity index (χ3n) is 5.52. The van der Waals surface area contributed by atoms with Gasteiger partial charge in [0.15, 0.2) is 0 Å². The highest BCUT2D eigenvalue weighted by Crippen LogP contribution is 2.23. The number of carbonyl (C=O) groups is 1. The molecule has 0 radical (unpaired) electrons. The quantitative estimate of drug-likeness (QED) is 0.246. The van der Waals surface area contributed by atoms with E-state index in [-0.39, 0.29) is 5.91 Å². The van der Waals surface area contributed by atoms with Crippen molar-refractivity contribution in [1.82, 2.24) is 19.9 Å². The van der Waals surface area contributed by atoms with Gasteiger partial charge in [-0.1, -0.05) is 28.1 Å². The fourth-order valence-corrected chi connectivity index (χ4v) is 3.98. The van der Waals surface area contributed by atoms with E-state index in [2.05, 4.69) is 31.2 Å². The maximum absolute atomic E-state index is 12.6. The maximum atomic E-state index is 12.6. The van der Waals surface area contributed by atoms with Crippen molar-refractivity contribution in [3.63, 3.8) is 0 Å². The van der Waals surface area contributed by atoms with E-state index in [1.165, 1.54) is 0 Å². The van der Waals surface area contributed by atoms with Gasteiger partial charge in [0.1, 0.15) is 31.0 Å². The lowest BCUT2D eigenvalue weighted by Crippen LogP contribution is -2.22. The molecule has 2 aromatic heterocycles. The number of pyridine rings is 1. The number of carbonyl (C=O) groups excluding carboxylic acids is 1. The molecule has 3 aromatic carbocycles. The summed E-state index contributed by atoms with van der Waals surface area (Å²) in [6.07, 6.45) is 5.19. The van der Waals surface area contributed by atoms with E-state index in [1.807, 2.05) is 71.3 Å². The number of hydrogen-bond donors (Lipinski definition) is 1. The Bertz CT molecular complexity index is 1470. The Kier molecular flexibility index (Phi) is 7.23. The van der Waals surface area contributed by atoms with Crippen LogP contribution in [0.25, 0.3) is 16.7 Å². The number of amides is 1. The van der Waals surface area contributed by atoms with Gasteiger partial charge in [-0.15, -0.1) is 0 Å². The molecule has 0 fully saturated rings. The monoisotopic (exact) mass is 542 g/mol. The minimum Gasteiger partial charge on any atom is -0.490 e. The molecule has 0 aliphatic rings. The molecule has 180 valence electrons. The first-order valence-electron chi connectivity index (χ1n) is 11.4. The molecule has 0 aliphatic heterocycles. The summed E-state index contributed by atoms with van der Waals surface area (Å²) in [7, 11) is 0. The van der Waals surface area contributed by atoms with Crippen molar-refractivity contribution in [2.45, 2.75) is 6.54 Å². The predicted octanol–water partition coefficient (Wildman–Crippen LogP) is 5.57. The van der Waals surface area contributed by atoms with Gasteiger partial charge in [0, 0.05) is 35.0 Å². The summed E-state index contributed by atoms with van der Waals surface area (Å²) in [6.45, 7) is 1.27. The average molecular weight is 543 g/mol. The number of aromatic nitrogens is 3. The molecule has 5 rings (SSSR count). The van der Waals surface area contributed by atoms with Crippen LogP contribution in [0.1, 0.15) is 15.9 Å². The first-order valence-corrected chi connectivity index (χ1v) is 12.2. The average Bonchev–Trinajstić information content (AvgIpc) is 3.35. The van der Waals surface area contributed by atoms with E-state index >= 15 is 0 Å². The zero-order chi connectivity index (χ0) is 24.7. The van der Waals surface area contributed by atoms with Crippen LogP contribution in [-0.2, 0) is 6.54 Å². The molecule has 0 unspecified atom stereocenters. The first-order chi connectivity index (χ1) is 17.7. The van der Waals surface area contributed by atoms with E-state index in [4.69, 9.17) is 9.47 Å². The Morgan fingerprint density at radius 2 is 1.75 bits per heavy atom. The SMILES string of the molecule is O=C(NCc1cccnc1)c1ccc2c(c1)ncn2-c1cccc(OCCOc2ccc(Br)cc2)c1. The lowest BCUT2D eigenvalue weighted by atomic mass is 10.1. The summed E-state index contributed by atoms with van der Waals surface area (Å²) >= 11 is 3.41. The molecule has 0 saturated heterocycles.